The molecule has 0 aliphatic carbocycles. The third kappa shape index (κ3) is 3.87. The number of ether oxygens (including phenoxy) is 2. The molecule has 0 saturated carbocycles. The molecule has 0 unspecified atom stereocenters. The molecular formula is C19H30N2O2. The summed E-state index contributed by atoms with van der Waals surface area (Å²) in [5, 5.41) is 0. The Morgan fingerprint density at radius 2 is 2.13 bits per heavy atom. The van der Waals surface area contributed by atoms with Crippen molar-refractivity contribution in [1.29, 1.82) is 0 Å². The summed E-state index contributed by atoms with van der Waals surface area (Å²) in [4.78, 5) is 5.24. The molecule has 2 aliphatic rings. The highest BCUT2D eigenvalue weighted by molar-refractivity contribution is 5.37. The Bertz CT molecular complexity index is 518. The van der Waals surface area contributed by atoms with Crippen LogP contribution in [-0.2, 0) is 11.3 Å². The highest BCUT2D eigenvalue weighted by Crippen LogP contribution is 2.25. The van der Waals surface area contributed by atoms with Crippen LogP contribution in [0.25, 0.3) is 0 Å². The van der Waals surface area contributed by atoms with E-state index < -0.39 is 0 Å². The molecule has 4 heteroatoms. The Balaban J connectivity index is 1.64. The highest BCUT2D eigenvalue weighted by Gasteiger charge is 2.35. The number of aryl methyl sites for hydroxylation is 1. The van der Waals surface area contributed by atoms with E-state index in [4.69, 9.17) is 9.47 Å². The number of hydrogen-bond donors (Lipinski definition) is 0. The summed E-state index contributed by atoms with van der Waals surface area (Å²) in [6.45, 7) is 10.5. The molecule has 1 aromatic carbocycles. The minimum Gasteiger partial charge on any atom is -0.496 e. The van der Waals surface area contributed by atoms with Gasteiger partial charge >= 0.3 is 0 Å². The summed E-state index contributed by atoms with van der Waals surface area (Å²) in [5.74, 6) is 1.01. The smallest absolute Gasteiger partial charge is 0.123 e. The topological polar surface area (TPSA) is 24.9 Å². The van der Waals surface area contributed by atoms with Gasteiger partial charge in [-0.2, -0.15) is 0 Å². The number of nitrogens with zero attached hydrogens (tertiary/aromatic N) is 2. The molecule has 0 spiro atoms. The van der Waals surface area contributed by atoms with Gasteiger partial charge in [0.05, 0.1) is 20.3 Å². The maximum Gasteiger partial charge on any atom is 0.123 e. The maximum atomic E-state index is 5.87. The number of piperazine rings is 1. The largest absolute Gasteiger partial charge is 0.496 e. The van der Waals surface area contributed by atoms with Gasteiger partial charge in [0.1, 0.15) is 5.75 Å². The van der Waals surface area contributed by atoms with Gasteiger partial charge in [-0.25, -0.2) is 0 Å². The first-order valence-corrected chi connectivity index (χ1v) is 8.90. The van der Waals surface area contributed by atoms with Crippen molar-refractivity contribution in [3.63, 3.8) is 0 Å². The second-order valence-corrected chi connectivity index (χ2v) is 6.92. The Hall–Kier alpha value is -1.10. The zero-order valence-corrected chi connectivity index (χ0v) is 14.8. The first-order valence-electron chi connectivity index (χ1n) is 8.90. The van der Waals surface area contributed by atoms with Gasteiger partial charge in [0, 0.05) is 43.8 Å². The molecule has 0 N–H and O–H groups in total. The van der Waals surface area contributed by atoms with Crippen LogP contribution in [0.4, 0.5) is 0 Å². The SMILES string of the molecule is CCC[C@H]1COC[C@H]2CN(Cc3ccc(C)cc3OC)CCN12. The Kier molecular flexibility index (Phi) is 5.57. The van der Waals surface area contributed by atoms with E-state index in [-0.39, 0.29) is 0 Å². The molecule has 0 bridgehead atoms. The molecule has 2 heterocycles. The van der Waals surface area contributed by atoms with Gasteiger partial charge < -0.3 is 9.47 Å². The Morgan fingerprint density at radius 1 is 1.26 bits per heavy atom. The van der Waals surface area contributed by atoms with E-state index >= 15 is 0 Å². The number of rotatable bonds is 5. The van der Waals surface area contributed by atoms with Crippen LogP contribution in [0.5, 0.6) is 5.75 Å². The van der Waals surface area contributed by atoms with Crippen molar-refractivity contribution in [2.75, 3.05) is 40.0 Å². The maximum absolute atomic E-state index is 5.87. The highest BCUT2D eigenvalue weighted by atomic mass is 16.5. The average Bonchev–Trinajstić information content (AvgIpc) is 2.57. The van der Waals surface area contributed by atoms with Gasteiger partial charge in [0.15, 0.2) is 0 Å². The first kappa shape index (κ1) is 16.7. The van der Waals surface area contributed by atoms with Gasteiger partial charge in [0.25, 0.3) is 0 Å². The summed E-state index contributed by atoms with van der Waals surface area (Å²) < 4.78 is 11.4. The molecule has 3 rings (SSSR count). The third-order valence-corrected chi connectivity index (χ3v) is 5.16. The predicted molar refractivity (Wildman–Crippen MR) is 93.0 cm³/mol. The fourth-order valence-electron chi connectivity index (χ4n) is 3.95. The van der Waals surface area contributed by atoms with Crippen LogP contribution < -0.4 is 4.74 Å². The van der Waals surface area contributed by atoms with E-state index in [2.05, 4.69) is 41.8 Å². The van der Waals surface area contributed by atoms with Crippen LogP contribution in [0, 0.1) is 6.92 Å². The fraction of sp³-hybridized carbons (Fsp3) is 0.684. The molecule has 1 aromatic rings. The van der Waals surface area contributed by atoms with E-state index in [1.165, 1.54) is 24.0 Å². The lowest BCUT2D eigenvalue weighted by atomic mass is 10.0. The van der Waals surface area contributed by atoms with Crippen molar-refractivity contribution in [3.8, 4) is 5.75 Å². The van der Waals surface area contributed by atoms with Crippen molar-refractivity contribution in [2.24, 2.45) is 0 Å². The zero-order valence-electron chi connectivity index (χ0n) is 14.8. The Labute approximate surface area is 140 Å². The van der Waals surface area contributed by atoms with Gasteiger partial charge in [0.2, 0.25) is 0 Å². The second-order valence-electron chi connectivity index (χ2n) is 6.92. The third-order valence-electron chi connectivity index (χ3n) is 5.16. The van der Waals surface area contributed by atoms with E-state index in [0.717, 1.165) is 45.1 Å². The van der Waals surface area contributed by atoms with Crippen molar-refractivity contribution < 1.29 is 9.47 Å². The van der Waals surface area contributed by atoms with Crippen LogP contribution in [-0.4, -0.2) is 61.8 Å². The lowest BCUT2D eigenvalue weighted by Gasteiger charge is -2.48. The van der Waals surface area contributed by atoms with Crippen molar-refractivity contribution in [2.45, 2.75) is 45.3 Å². The molecule has 2 saturated heterocycles. The lowest BCUT2D eigenvalue weighted by molar-refractivity contribution is -0.0841. The second kappa shape index (κ2) is 7.65. The quantitative estimate of drug-likeness (QED) is 0.833. The van der Waals surface area contributed by atoms with Crippen molar-refractivity contribution in [3.05, 3.63) is 29.3 Å². The number of morpholine rings is 1. The molecule has 128 valence electrons. The van der Waals surface area contributed by atoms with Gasteiger partial charge in [-0.05, 0) is 25.0 Å². The Morgan fingerprint density at radius 3 is 2.91 bits per heavy atom. The van der Waals surface area contributed by atoms with E-state index in [0.29, 0.717) is 12.1 Å². The normalized spacial score (nSPS) is 26.0. The number of benzene rings is 1. The molecule has 0 amide bonds. The summed E-state index contributed by atoms with van der Waals surface area (Å²) >= 11 is 0. The van der Waals surface area contributed by atoms with E-state index in [1.54, 1.807) is 7.11 Å². The molecule has 2 aliphatic heterocycles. The first-order chi connectivity index (χ1) is 11.2. The molecule has 2 fully saturated rings. The summed E-state index contributed by atoms with van der Waals surface area (Å²) in [6, 6.07) is 7.68. The minimum absolute atomic E-state index is 0.547. The lowest BCUT2D eigenvalue weighted by Crippen LogP contribution is -2.61. The van der Waals surface area contributed by atoms with Crippen molar-refractivity contribution in [1.82, 2.24) is 9.80 Å². The van der Waals surface area contributed by atoms with Gasteiger partial charge in [-0.15, -0.1) is 0 Å². The molecule has 4 nitrogen and oxygen atoms in total. The molecule has 0 radical (unpaired) electrons. The van der Waals surface area contributed by atoms with E-state index in [1.807, 2.05) is 0 Å². The summed E-state index contributed by atoms with van der Waals surface area (Å²) in [5.41, 5.74) is 2.53. The van der Waals surface area contributed by atoms with Gasteiger partial charge in [-0.1, -0.05) is 25.5 Å². The van der Waals surface area contributed by atoms with Gasteiger partial charge in [-0.3, -0.25) is 9.80 Å². The fourth-order valence-corrected chi connectivity index (χ4v) is 3.95. The molecule has 23 heavy (non-hydrogen) atoms. The zero-order chi connectivity index (χ0) is 16.2. The number of fused-ring (bicyclic) bond motifs is 1. The monoisotopic (exact) mass is 318 g/mol. The molecule has 0 aromatic heterocycles. The van der Waals surface area contributed by atoms with Crippen LogP contribution in [0.1, 0.15) is 30.9 Å². The number of methoxy groups -OCH3 is 1. The van der Waals surface area contributed by atoms with Crippen LogP contribution in [0.3, 0.4) is 0 Å². The van der Waals surface area contributed by atoms with Crippen LogP contribution in [0.2, 0.25) is 0 Å². The molecule has 2 atom stereocenters. The average molecular weight is 318 g/mol. The summed E-state index contributed by atoms with van der Waals surface area (Å²) in [7, 11) is 1.76. The summed E-state index contributed by atoms with van der Waals surface area (Å²) in [6.07, 6.45) is 2.49. The molecular weight excluding hydrogens is 288 g/mol. The van der Waals surface area contributed by atoms with E-state index in [9.17, 15) is 0 Å². The number of hydrogen-bond acceptors (Lipinski definition) is 4. The van der Waals surface area contributed by atoms with Crippen LogP contribution >= 0.6 is 0 Å². The van der Waals surface area contributed by atoms with Crippen LogP contribution in [0.15, 0.2) is 18.2 Å². The minimum atomic E-state index is 0.547. The predicted octanol–water partition coefficient (Wildman–Crippen LogP) is 2.69. The van der Waals surface area contributed by atoms with Crippen molar-refractivity contribution >= 4 is 0 Å². The standard InChI is InChI=1S/C19H30N2O2/c1-4-5-17-13-23-14-18-12-20(8-9-21(17)18)11-16-7-6-15(2)10-19(16)22-3/h6-7,10,17-18H,4-5,8-9,11-14H2,1-3H3/t17-,18+/m0/s1.